The Morgan fingerprint density at radius 1 is 1.11 bits per heavy atom. The Bertz CT molecular complexity index is 539. The van der Waals surface area contributed by atoms with Crippen molar-refractivity contribution in [2.24, 2.45) is 5.92 Å². The molecular weight excluding hydrogens is 236 g/mol. The van der Waals surface area contributed by atoms with Crippen LogP contribution in [0.4, 0.5) is 5.82 Å². The highest BCUT2D eigenvalue weighted by Gasteiger charge is 2.27. The molecule has 0 atom stereocenters. The zero-order valence-corrected chi connectivity index (χ0v) is 11.3. The minimum Gasteiger partial charge on any atom is -0.380 e. The maximum Gasteiger partial charge on any atom is 0.175 e. The van der Waals surface area contributed by atoms with Gasteiger partial charge in [0.15, 0.2) is 5.82 Å². The molecule has 0 amide bonds. The third kappa shape index (κ3) is 2.37. The van der Waals surface area contributed by atoms with Crippen molar-refractivity contribution in [2.45, 2.75) is 38.5 Å². The summed E-state index contributed by atoms with van der Waals surface area (Å²) in [6.07, 6.45) is 4.88. The fraction of sp³-hybridized carbons (Fsp3) is 0.438. The van der Waals surface area contributed by atoms with Gasteiger partial charge < -0.3 is 10.3 Å². The van der Waals surface area contributed by atoms with E-state index in [0.717, 1.165) is 22.8 Å². The van der Waals surface area contributed by atoms with Crippen LogP contribution < -0.4 is 5.73 Å². The Morgan fingerprint density at radius 2 is 1.79 bits per heavy atom. The van der Waals surface area contributed by atoms with Gasteiger partial charge in [0.25, 0.3) is 0 Å². The van der Waals surface area contributed by atoms with Crippen molar-refractivity contribution in [1.82, 2.24) is 5.16 Å². The second-order valence-corrected chi connectivity index (χ2v) is 5.63. The van der Waals surface area contributed by atoms with Crippen molar-refractivity contribution in [3.05, 3.63) is 36.1 Å². The number of nitrogen functional groups attached to an aromatic ring is 1. The lowest BCUT2D eigenvalue weighted by molar-refractivity contribution is 0.289. The van der Waals surface area contributed by atoms with Crippen molar-refractivity contribution >= 4 is 5.82 Å². The van der Waals surface area contributed by atoms with Crippen LogP contribution in [-0.4, -0.2) is 5.16 Å². The quantitative estimate of drug-likeness (QED) is 0.875. The normalized spacial score (nSPS) is 23.4. The van der Waals surface area contributed by atoms with E-state index in [4.69, 9.17) is 10.3 Å². The maximum absolute atomic E-state index is 6.00. The molecule has 0 saturated heterocycles. The van der Waals surface area contributed by atoms with E-state index >= 15 is 0 Å². The third-order valence-corrected chi connectivity index (χ3v) is 4.19. The molecule has 3 rings (SSSR count). The van der Waals surface area contributed by atoms with Gasteiger partial charge in [-0.15, -0.1) is 0 Å². The summed E-state index contributed by atoms with van der Waals surface area (Å²) in [5.74, 6) is 2.79. The highest BCUT2D eigenvalue weighted by Crippen LogP contribution is 2.41. The minimum atomic E-state index is 0.469. The molecule has 0 radical (unpaired) electrons. The summed E-state index contributed by atoms with van der Waals surface area (Å²) < 4.78 is 5.55. The largest absolute Gasteiger partial charge is 0.380 e. The van der Waals surface area contributed by atoms with Crippen molar-refractivity contribution in [2.75, 3.05) is 5.73 Å². The molecule has 0 unspecified atom stereocenters. The first-order valence-electron chi connectivity index (χ1n) is 7.06. The zero-order chi connectivity index (χ0) is 13.2. The Balaban J connectivity index is 1.95. The number of hydrogen-bond donors (Lipinski definition) is 1. The number of anilines is 1. The van der Waals surface area contributed by atoms with E-state index in [0.29, 0.717) is 11.7 Å². The topological polar surface area (TPSA) is 52.0 Å². The average Bonchev–Trinajstić information content (AvgIpc) is 2.82. The van der Waals surface area contributed by atoms with E-state index in [9.17, 15) is 0 Å². The lowest BCUT2D eigenvalue weighted by Gasteiger charge is -2.24. The smallest absolute Gasteiger partial charge is 0.175 e. The van der Waals surface area contributed by atoms with E-state index in [1.807, 2.05) is 18.2 Å². The average molecular weight is 256 g/mol. The van der Waals surface area contributed by atoms with Gasteiger partial charge in [-0.25, -0.2) is 0 Å². The summed E-state index contributed by atoms with van der Waals surface area (Å²) in [6, 6.07) is 10.2. The monoisotopic (exact) mass is 256 g/mol. The third-order valence-electron chi connectivity index (χ3n) is 4.19. The summed E-state index contributed by atoms with van der Waals surface area (Å²) in [7, 11) is 0. The highest BCUT2D eigenvalue weighted by molar-refractivity contribution is 5.75. The van der Waals surface area contributed by atoms with Crippen LogP contribution in [0.2, 0.25) is 0 Å². The fourth-order valence-electron chi connectivity index (χ4n) is 3.01. The Kier molecular flexibility index (Phi) is 3.28. The van der Waals surface area contributed by atoms with Gasteiger partial charge in [-0.05, 0) is 24.3 Å². The maximum atomic E-state index is 6.00. The van der Waals surface area contributed by atoms with Gasteiger partial charge in [0, 0.05) is 5.92 Å². The number of benzene rings is 1. The lowest BCUT2D eigenvalue weighted by Crippen LogP contribution is -2.11. The van der Waals surface area contributed by atoms with Crippen molar-refractivity contribution < 1.29 is 4.52 Å². The van der Waals surface area contributed by atoms with Crippen LogP contribution >= 0.6 is 0 Å². The predicted molar refractivity (Wildman–Crippen MR) is 76.7 cm³/mol. The first kappa shape index (κ1) is 12.3. The van der Waals surface area contributed by atoms with Crippen LogP contribution in [0.15, 0.2) is 34.9 Å². The number of hydrogen-bond acceptors (Lipinski definition) is 3. The molecule has 0 aliphatic heterocycles. The Labute approximate surface area is 113 Å². The Hall–Kier alpha value is -1.77. The van der Waals surface area contributed by atoms with E-state index < -0.39 is 0 Å². The van der Waals surface area contributed by atoms with Crippen LogP contribution in [0.25, 0.3) is 11.1 Å². The molecule has 2 N–H and O–H groups in total. The van der Waals surface area contributed by atoms with Crippen molar-refractivity contribution in [1.29, 1.82) is 0 Å². The fourth-order valence-corrected chi connectivity index (χ4v) is 3.01. The standard InChI is InChI=1S/C16H20N2O/c1-11-7-9-13(10-8-11)15-14(16(17)18-19-15)12-5-3-2-4-6-12/h2-6,11,13H,7-10H2,1H3,(H2,17,18). The molecule has 1 aromatic carbocycles. The van der Waals surface area contributed by atoms with Crippen molar-refractivity contribution in [3.63, 3.8) is 0 Å². The molecular formula is C16H20N2O. The van der Waals surface area contributed by atoms with Gasteiger partial charge in [-0.3, -0.25) is 0 Å². The number of nitrogens with zero attached hydrogens (tertiary/aromatic N) is 1. The number of rotatable bonds is 2. The lowest BCUT2D eigenvalue weighted by atomic mass is 9.80. The molecule has 1 aliphatic rings. The summed E-state index contributed by atoms with van der Waals surface area (Å²) in [5.41, 5.74) is 8.11. The van der Waals surface area contributed by atoms with Crippen LogP contribution in [0.3, 0.4) is 0 Å². The van der Waals surface area contributed by atoms with Crippen LogP contribution in [-0.2, 0) is 0 Å². The molecule has 19 heavy (non-hydrogen) atoms. The molecule has 1 saturated carbocycles. The van der Waals surface area contributed by atoms with Gasteiger partial charge in [-0.1, -0.05) is 55.3 Å². The SMILES string of the molecule is CC1CCC(c2onc(N)c2-c2ccccc2)CC1. The van der Waals surface area contributed by atoms with E-state index in [1.165, 1.54) is 25.7 Å². The first-order valence-corrected chi connectivity index (χ1v) is 7.06. The molecule has 1 aliphatic carbocycles. The zero-order valence-electron chi connectivity index (χ0n) is 11.3. The molecule has 2 aromatic rings. The Morgan fingerprint density at radius 3 is 2.47 bits per heavy atom. The predicted octanol–water partition coefficient (Wildman–Crippen LogP) is 4.22. The van der Waals surface area contributed by atoms with Crippen LogP contribution in [0, 0.1) is 5.92 Å². The van der Waals surface area contributed by atoms with E-state index in [2.05, 4.69) is 24.2 Å². The van der Waals surface area contributed by atoms with Gasteiger partial charge >= 0.3 is 0 Å². The van der Waals surface area contributed by atoms with Gasteiger partial charge in [0.2, 0.25) is 0 Å². The second-order valence-electron chi connectivity index (χ2n) is 5.63. The molecule has 1 aromatic heterocycles. The van der Waals surface area contributed by atoms with E-state index in [1.54, 1.807) is 0 Å². The minimum absolute atomic E-state index is 0.469. The number of nitrogens with two attached hydrogens (primary N) is 1. The molecule has 3 nitrogen and oxygen atoms in total. The van der Waals surface area contributed by atoms with Gasteiger partial charge in [0.05, 0.1) is 5.56 Å². The van der Waals surface area contributed by atoms with Crippen LogP contribution in [0.5, 0.6) is 0 Å². The number of aromatic nitrogens is 1. The molecule has 0 bridgehead atoms. The van der Waals surface area contributed by atoms with Gasteiger partial charge in [-0.2, -0.15) is 0 Å². The molecule has 1 heterocycles. The molecule has 100 valence electrons. The van der Waals surface area contributed by atoms with Gasteiger partial charge in [0.1, 0.15) is 5.76 Å². The van der Waals surface area contributed by atoms with Crippen molar-refractivity contribution in [3.8, 4) is 11.1 Å². The molecule has 0 spiro atoms. The summed E-state index contributed by atoms with van der Waals surface area (Å²) in [4.78, 5) is 0. The highest BCUT2D eigenvalue weighted by atomic mass is 16.5. The summed E-state index contributed by atoms with van der Waals surface area (Å²) in [6.45, 7) is 2.32. The molecule has 1 fully saturated rings. The molecule has 3 heteroatoms. The summed E-state index contributed by atoms with van der Waals surface area (Å²) >= 11 is 0. The van der Waals surface area contributed by atoms with E-state index in [-0.39, 0.29) is 0 Å². The first-order chi connectivity index (χ1) is 9.25. The summed E-state index contributed by atoms with van der Waals surface area (Å²) in [5, 5.41) is 3.99. The van der Waals surface area contributed by atoms with Crippen LogP contribution in [0.1, 0.15) is 44.3 Å². The second kappa shape index (κ2) is 5.08.